The Hall–Kier alpha value is -3.12. The Morgan fingerprint density at radius 3 is 2.48 bits per heavy atom. The number of nitrogens with zero attached hydrogens (tertiary/aromatic N) is 2. The smallest absolute Gasteiger partial charge is 0.273 e. The molecule has 0 aliphatic carbocycles. The van der Waals surface area contributed by atoms with E-state index in [4.69, 9.17) is 9.15 Å². The molecule has 1 amide bonds. The molecular weight excluding hydrogens is 390 g/mol. The number of oxazole rings is 1. The number of likely N-dealkylation sites (tertiary alicyclic amines) is 1. The second kappa shape index (κ2) is 9.79. The van der Waals surface area contributed by atoms with Gasteiger partial charge in [0, 0.05) is 12.1 Å². The lowest BCUT2D eigenvalue weighted by Crippen LogP contribution is -2.40. The molecule has 162 valence electrons. The third-order valence-electron chi connectivity index (χ3n) is 5.82. The van der Waals surface area contributed by atoms with Gasteiger partial charge in [-0.1, -0.05) is 36.8 Å². The maximum Gasteiger partial charge on any atom is 0.273 e. The fourth-order valence-electron chi connectivity index (χ4n) is 4.10. The molecule has 6 nitrogen and oxygen atoms in total. The highest BCUT2D eigenvalue weighted by molar-refractivity contribution is 5.93. The standard InChI is InChI=1S/C25H29N3O3/c1-18-23(27-25(31-18)20-9-5-3-6-10-20)24(29)26-17-22(28-15-7-4-8-16-28)19-11-13-21(30-2)14-12-19/h3,5-6,9-14,22H,4,7-8,15-17H2,1-2H3,(H,26,29)/t22-/m1/s1. The number of carbonyl (C=O) groups is 1. The zero-order valence-electron chi connectivity index (χ0n) is 18.1. The minimum atomic E-state index is -0.209. The van der Waals surface area contributed by atoms with Gasteiger partial charge >= 0.3 is 0 Å². The summed E-state index contributed by atoms with van der Waals surface area (Å²) < 4.78 is 11.1. The van der Waals surface area contributed by atoms with Gasteiger partial charge in [0.1, 0.15) is 11.5 Å². The first-order valence-electron chi connectivity index (χ1n) is 10.8. The molecule has 3 aromatic rings. The number of aryl methyl sites for hydroxylation is 1. The number of piperidine rings is 1. The Morgan fingerprint density at radius 1 is 1.10 bits per heavy atom. The third-order valence-corrected chi connectivity index (χ3v) is 5.82. The van der Waals surface area contributed by atoms with E-state index in [0.717, 1.165) is 24.4 Å². The number of benzene rings is 2. The molecule has 1 aromatic heterocycles. The minimum Gasteiger partial charge on any atom is -0.497 e. The number of aromatic nitrogens is 1. The quantitative estimate of drug-likeness (QED) is 0.605. The molecule has 6 heteroatoms. The minimum absolute atomic E-state index is 0.107. The van der Waals surface area contributed by atoms with Crippen molar-refractivity contribution in [2.45, 2.75) is 32.2 Å². The second-order valence-electron chi connectivity index (χ2n) is 7.89. The highest BCUT2D eigenvalue weighted by Crippen LogP contribution is 2.26. The summed E-state index contributed by atoms with van der Waals surface area (Å²) >= 11 is 0. The van der Waals surface area contributed by atoms with Crippen LogP contribution in [0.3, 0.4) is 0 Å². The van der Waals surface area contributed by atoms with Crippen LogP contribution >= 0.6 is 0 Å². The van der Waals surface area contributed by atoms with Gasteiger partial charge in [0.15, 0.2) is 5.69 Å². The zero-order valence-corrected chi connectivity index (χ0v) is 18.1. The summed E-state index contributed by atoms with van der Waals surface area (Å²) in [5.41, 5.74) is 2.37. The van der Waals surface area contributed by atoms with Gasteiger partial charge in [0.25, 0.3) is 5.91 Å². The average molecular weight is 420 g/mol. The Kier molecular flexibility index (Phi) is 6.67. The molecule has 0 saturated carbocycles. The number of carbonyl (C=O) groups excluding carboxylic acids is 1. The molecule has 0 spiro atoms. The Bertz CT molecular complexity index is 993. The average Bonchev–Trinajstić information content (AvgIpc) is 3.22. The number of nitrogens with one attached hydrogen (secondary N) is 1. The fourth-order valence-corrected chi connectivity index (χ4v) is 4.10. The largest absolute Gasteiger partial charge is 0.497 e. The summed E-state index contributed by atoms with van der Waals surface area (Å²) in [6.45, 7) is 4.36. The molecule has 1 atom stereocenters. The van der Waals surface area contributed by atoms with E-state index in [1.54, 1.807) is 14.0 Å². The fraction of sp³-hybridized carbons (Fsp3) is 0.360. The van der Waals surface area contributed by atoms with E-state index < -0.39 is 0 Å². The van der Waals surface area contributed by atoms with E-state index in [0.29, 0.717) is 23.9 Å². The Morgan fingerprint density at radius 2 is 1.81 bits per heavy atom. The number of ether oxygens (including phenoxy) is 1. The molecule has 4 rings (SSSR count). The first-order valence-corrected chi connectivity index (χ1v) is 10.8. The summed E-state index contributed by atoms with van der Waals surface area (Å²) in [6, 6.07) is 17.8. The molecule has 0 bridgehead atoms. The second-order valence-corrected chi connectivity index (χ2v) is 7.89. The third kappa shape index (κ3) is 4.97. The van der Waals surface area contributed by atoms with Crippen molar-refractivity contribution in [3.63, 3.8) is 0 Å². The predicted octanol–water partition coefficient (Wildman–Crippen LogP) is 4.62. The highest BCUT2D eigenvalue weighted by atomic mass is 16.5. The molecule has 0 radical (unpaired) electrons. The van der Waals surface area contributed by atoms with E-state index >= 15 is 0 Å². The van der Waals surface area contributed by atoms with E-state index in [1.165, 1.54) is 24.8 Å². The van der Waals surface area contributed by atoms with Gasteiger partial charge in [-0.15, -0.1) is 0 Å². The lowest BCUT2D eigenvalue weighted by Gasteiger charge is -2.35. The summed E-state index contributed by atoms with van der Waals surface area (Å²) in [5, 5.41) is 3.09. The highest BCUT2D eigenvalue weighted by Gasteiger charge is 2.25. The molecule has 0 unspecified atom stereocenters. The molecule has 1 saturated heterocycles. The lowest BCUT2D eigenvalue weighted by molar-refractivity contribution is 0.0918. The van der Waals surface area contributed by atoms with Crippen molar-refractivity contribution < 1.29 is 13.9 Å². The van der Waals surface area contributed by atoms with E-state index in [2.05, 4.69) is 27.3 Å². The van der Waals surface area contributed by atoms with E-state index in [-0.39, 0.29) is 11.9 Å². The van der Waals surface area contributed by atoms with Gasteiger partial charge in [-0.3, -0.25) is 9.69 Å². The molecular formula is C25H29N3O3. The Labute approximate surface area is 183 Å². The van der Waals surface area contributed by atoms with Crippen LogP contribution in [-0.4, -0.2) is 42.5 Å². The maximum atomic E-state index is 13.0. The number of methoxy groups -OCH3 is 1. The number of hydrogen-bond donors (Lipinski definition) is 1. The number of amides is 1. The summed E-state index contributed by atoms with van der Waals surface area (Å²) in [6.07, 6.45) is 3.63. The van der Waals surface area contributed by atoms with Crippen LogP contribution in [-0.2, 0) is 0 Å². The van der Waals surface area contributed by atoms with E-state index in [1.807, 2.05) is 42.5 Å². The molecule has 1 aliphatic rings. The van der Waals surface area contributed by atoms with Crippen LogP contribution in [0, 0.1) is 6.92 Å². The van der Waals surface area contributed by atoms with Crippen LogP contribution in [0.5, 0.6) is 5.75 Å². The van der Waals surface area contributed by atoms with Crippen molar-refractivity contribution >= 4 is 5.91 Å². The number of rotatable bonds is 7. The van der Waals surface area contributed by atoms with Crippen LogP contribution in [0.15, 0.2) is 59.0 Å². The summed E-state index contributed by atoms with van der Waals surface area (Å²) in [5.74, 6) is 1.61. The zero-order chi connectivity index (χ0) is 21.6. The Balaban J connectivity index is 1.50. The van der Waals surface area contributed by atoms with Crippen LogP contribution in [0.2, 0.25) is 0 Å². The van der Waals surface area contributed by atoms with Crippen LogP contribution in [0.1, 0.15) is 47.1 Å². The van der Waals surface area contributed by atoms with Crippen LogP contribution < -0.4 is 10.1 Å². The molecule has 2 aromatic carbocycles. The van der Waals surface area contributed by atoms with Crippen LogP contribution in [0.25, 0.3) is 11.5 Å². The van der Waals surface area contributed by atoms with Crippen molar-refractivity contribution in [1.29, 1.82) is 0 Å². The lowest BCUT2D eigenvalue weighted by atomic mass is 10.0. The normalized spacial score (nSPS) is 15.4. The van der Waals surface area contributed by atoms with Gasteiger partial charge in [0.2, 0.25) is 5.89 Å². The summed E-state index contributed by atoms with van der Waals surface area (Å²) in [4.78, 5) is 19.9. The first kappa shape index (κ1) is 21.1. The molecule has 1 aliphatic heterocycles. The maximum absolute atomic E-state index is 13.0. The van der Waals surface area contributed by atoms with Crippen molar-refractivity contribution in [3.8, 4) is 17.2 Å². The topological polar surface area (TPSA) is 67.6 Å². The van der Waals surface area contributed by atoms with Gasteiger partial charge in [-0.05, 0) is 62.7 Å². The predicted molar refractivity (Wildman–Crippen MR) is 120 cm³/mol. The van der Waals surface area contributed by atoms with Crippen molar-refractivity contribution in [3.05, 3.63) is 71.6 Å². The first-order chi connectivity index (χ1) is 15.2. The number of hydrogen-bond acceptors (Lipinski definition) is 5. The molecule has 2 heterocycles. The molecule has 1 N–H and O–H groups in total. The monoisotopic (exact) mass is 419 g/mol. The molecule has 31 heavy (non-hydrogen) atoms. The van der Waals surface area contributed by atoms with Gasteiger partial charge in [-0.2, -0.15) is 0 Å². The van der Waals surface area contributed by atoms with Gasteiger partial charge in [0.05, 0.1) is 13.2 Å². The van der Waals surface area contributed by atoms with Crippen LogP contribution in [0.4, 0.5) is 0 Å². The van der Waals surface area contributed by atoms with Crippen molar-refractivity contribution in [1.82, 2.24) is 15.2 Å². The van der Waals surface area contributed by atoms with E-state index in [9.17, 15) is 4.79 Å². The van der Waals surface area contributed by atoms with Crippen molar-refractivity contribution in [2.75, 3.05) is 26.7 Å². The molecule has 1 fully saturated rings. The van der Waals surface area contributed by atoms with Gasteiger partial charge < -0.3 is 14.5 Å². The SMILES string of the molecule is COc1ccc([C@@H](CNC(=O)c2nc(-c3ccccc3)oc2C)N2CCCCC2)cc1. The summed E-state index contributed by atoms with van der Waals surface area (Å²) in [7, 11) is 1.67. The van der Waals surface area contributed by atoms with Gasteiger partial charge in [-0.25, -0.2) is 4.98 Å². The van der Waals surface area contributed by atoms with Crippen molar-refractivity contribution in [2.24, 2.45) is 0 Å².